The van der Waals surface area contributed by atoms with Gasteiger partial charge in [0.15, 0.2) is 15.5 Å². The lowest BCUT2D eigenvalue weighted by Crippen LogP contribution is -2.15. The number of fused-ring (bicyclic) bond motifs is 1. The van der Waals surface area contributed by atoms with Crippen LogP contribution < -0.4 is 15.4 Å². The van der Waals surface area contributed by atoms with Crippen LogP contribution in [0.5, 0.6) is 5.75 Å². The molecule has 1 atom stereocenters. The van der Waals surface area contributed by atoms with Crippen LogP contribution >= 0.6 is 0 Å². The van der Waals surface area contributed by atoms with Crippen molar-refractivity contribution in [3.05, 3.63) is 65.9 Å². The average molecular weight is 534 g/mol. The zero-order valence-electron chi connectivity index (χ0n) is 21.2. The maximum Gasteiger partial charge on any atom is 0.256 e. The Hall–Kier alpha value is -4.25. The number of hydrogen-bond donors (Lipinski definition) is 2. The minimum atomic E-state index is -3.16. The topological polar surface area (TPSA) is 132 Å². The van der Waals surface area contributed by atoms with Crippen LogP contribution in [0.15, 0.2) is 54.6 Å². The van der Waals surface area contributed by atoms with E-state index in [1.54, 1.807) is 61.2 Å². The number of nitrogens with one attached hydrogen (secondary N) is 2. The third-order valence-electron chi connectivity index (χ3n) is 6.46. The number of pyridine rings is 1. The van der Waals surface area contributed by atoms with E-state index in [0.29, 0.717) is 51.5 Å². The van der Waals surface area contributed by atoms with Crippen molar-refractivity contribution < 1.29 is 22.7 Å². The van der Waals surface area contributed by atoms with Gasteiger partial charge in [-0.05, 0) is 61.9 Å². The summed E-state index contributed by atoms with van der Waals surface area (Å²) in [5, 5.41) is 10.8. The lowest BCUT2D eigenvalue weighted by molar-refractivity contribution is -0.114. The minimum Gasteiger partial charge on any atom is -0.497 e. The Balaban J connectivity index is 1.62. The highest BCUT2D eigenvalue weighted by Gasteiger charge is 2.32. The second-order valence-electron chi connectivity index (χ2n) is 9.29. The number of carbonyl (C=O) groups excluding carboxylic acids is 2. The summed E-state index contributed by atoms with van der Waals surface area (Å²) in [6, 6.07) is 15.5. The summed E-state index contributed by atoms with van der Waals surface area (Å²) >= 11 is 0. The summed E-state index contributed by atoms with van der Waals surface area (Å²) in [5.74, 6) is 0.159. The first-order valence-corrected chi connectivity index (χ1v) is 13.9. The van der Waals surface area contributed by atoms with Crippen LogP contribution in [0, 0.1) is 6.92 Å². The second-order valence-corrected chi connectivity index (χ2v) is 11.5. The number of aryl methyl sites for hydroxylation is 1. The van der Waals surface area contributed by atoms with E-state index in [4.69, 9.17) is 9.72 Å². The predicted molar refractivity (Wildman–Crippen MR) is 145 cm³/mol. The van der Waals surface area contributed by atoms with E-state index < -0.39 is 9.84 Å². The number of amides is 2. The van der Waals surface area contributed by atoms with Crippen LogP contribution in [0.25, 0.3) is 22.3 Å². The van der Waals surface area contributed by atoms with Crippen LogP contribution in [-0.2, 0) is 14.6 Å². The maximum absolute atomic E-state index is 13.7. The Bertz CT molecular complexity index is 1660. The van der Waals surface area contributed by atoms with Gasteiger partial charge >= 0.3 is 0 Å². The second kappa shape index (κ2) is 9.90. The molecule has 0 bridgehead atoms. The van der Waals surface area contributed by atoms with Crippen molar-refractivity contribution >= 4 is 44.1 Å². The first-order chi connectivity index (χ1) is 18.1. The van der Waals surface area contributed by atoms with Crippen molar-refractivity contribution in [2.45, 2.75) is 26.3 Å². The van der Waals surface area contributed by atoms with Crippen molar-refractivity contribution in [2.24, 2.45) is 0 Å². The number of nitrogens with zero attached hydrogens (tertiary/aromatic N) is 3. The van der Waals surface area contributed by atoms with Gasteiger partial charge in [0.25, 0.3) is 5.91 Å². The van der Waals surface area contributed by atoms with Crippen molar-refractivity contribution in [3.8, 4) is 17.0 Å². The van der Waals surface area contributed by atoms with Crippen LogP contribution in [-0.4, -0.2) is 53.6 Å². The molecule has 2 aromatic carbocycles. The number of hydrogen-bond acceptors (Lipinski definition) is 7. The Kier molecular flexibility index (Phi) is 6.62. The minimum absolute atomic E-state index is 0.0187. The first kappa shape index (κ1) is 25.4. The summed E-state index contributed by atoms with van der Waals surface area (Å²) in [6.07, 6.45) is 0.435. The van der Waals surface area contributed by atoms with Crippen LogP contribution in [0.4, 0.5) is 11.4 Å². The molecule has 4 aromatic rings. The van der Waals surface area contributed by atoms with Crippen molar-refractivity contribution in [3.63, 3.8) is 0 Å². The van der Waals surface area contributed by atoms with Gasteiger partial charge in [0.05, 0.1) is 47.0 Å². The molecule has 196 valence electrons. The van der Waals surface area contributed by atoms with E-state index in [1.807, 2.05) is 12.1 Å². The van der Waals surface area contributed by atoms with Gasteiger partial charge in [0.1, 0.15) is 5.75 Å². The van der Waals surface area contributed by atoms with E-state index in [0.717, 1.165) is 5.56 Å². The number of benzene rings is 2. The molecule has 1 aliphatic heterocycles. The van der Waals surface area contributed by atoms with E-state index in [2.05, 4.69) is 15.7 Å². The third kappa shape index (κ3) is 5.10. The van der Waals surface area contributed by atoms with Crippen molar-refractivity contribution in [2.75, 3.05) is 29.2 Å². The summed E-state index contributed by atoms with van der Waals surface area (Å²) in [7, 11) is -1.58. The van der Waals surface area contributed by atoms with Crippen LogP contribution in [0.2, 0.25) is 0 Å². The molecule has 38 heavy (non-hydrogen) atoms. The SMILES string of the molecule is COc1ccc(-c2cc(C(=O)Nc3cccc(NC(C)=O)c3)c3c(C)nn(C4CCS(=O)(=O)C4)c3n2)cc1. The van der Waals surface area contributed by atoms with E-state index in [-0.39, 0.29) is 29.4 Å². The van der Waals surface area contributed by atoms with Gasteiger partial charge in [-0.15, -0.1) is 0 Å². The number of rotatable bonds is 6. The molecule has 1 fully saturated rings. The largest absolute Gasteiger partial charge is 0.497 e. The van der Waals surface area contributed by atoms with E-state index in [1.165, 1.54) is 6.92 Å². The van der Waals surface area contributed by atoms with Crippen LogP contribution in [0.1, 0.15) is 35.4 Å². The van der Waals surface area contributed by atoms with Gasteiger partial charge in [-0.1, -0.05) is 6.07 Å². The van der Waals surface area contributed by atoms with Crippen LogP contribution in [0.3, 0.4) is 0 Å². The molecule has 0 radical (unpaired) electrons. The number of methoxy groups -OCH3 is 1. The number of anilines is 2. The molecule has 3 heterocycles. The Morgan fingerprint density at radius 1 is 1.05 bits per heavy atom. The predicted octanol–water partition coefficient (Wildman–Crippen LogP) is 3.99. The fourth-order valence-corrected chi connectivity index (χ4v) is 6.39. The summed E-state index contributed by atoms with van der Waals surface area (Å²) < 4.78 is 31.3. The van der Waals surface area contributed by atoms with E-state index in [9.17, 15) is 18.0 Å². The van der Waals surface area contributed by atoms with Gasteiger partial charge in [0, 0.05) is 23.9 Å². The average Bonchev–Trinajstić information content (AvgIpc) is 3.41. The Morgan fingerprint density at radius 2 is 1.76 bits per heavy atom. The molecular formula is C27H27N5O5S. The molecule has 2 N–H and O–H groups in total. The van der Waals surface area contributed by atoms with Gasteiger partial charge in [-0.3, -0.25) is 9.59 Å². The molecule has 2 amide bonds. The molecule has 11 heteroatoms. The highest BCUT2D eigenvalue weighted by atomic mass is 32.2. The molecule has 1 saturated heterocycles. The lowest BCUT2D eigenvalue weighted by Gasteiger charge is -2.13. The highest BCUT2D eigenvalue weighted by molar-refractivity contribution is 7.91. The molecule has 1 unspecified atom stereocenters. The number of sulfone groups is 1. The highest BCUT2D eigenvalue weighted by Crippen LogP contribution is 2.33. The Labute approximate surface area is 219 Å². The normalized spacial score (nSPS) is 16.3. The quantitative estimate of drug-likeness (QED) is 0.383. The third-order valence-corrected chi connectivity index (χ3v) is 8.21. The first-order valence-electron chi connectivity index (χ1n) is 12.1. The molecule has 1 aliphatic rings. The molecule has 0 saturated carbocycles. The summed E-state index contributed by atoms with van der Waals surface area (Å²) in [6.45, 7) is 3.20. The fourth-order valence-electron chi connectivity index (χ4n) is 4.70. The zero-order chi connectivity index (χ0) is 27.0. The smallest absolute Gasteiger partial charge is 0.256 e. The van der Waals surface area contributed by atoms with Gasteiger partial charge in [-0.2, -0.15) is 5.10 Å². The summed E-state index contributed by atoms with van der Waals surface area (Å²) in [5.41, 5.74) is 3.75. The number of carbonyl (C=O) groups is 2. The molecule has 10 nitrogen and oxygen atoms in total. The van der Waals surface area contributed by atoms with Crippen molar-refractivity contribution in [1.82, 2.24) is 14.8 Å². The zero-order valence-corrected chi connectivity index (χ0v) is 22.0. The Morgan fingerprint density at radius 3 is 2.39 bits per heavy atom. The van der Waals surface area contributed by atoms with Crippen molar-refractivity contribution in [1.29, 1.82) is 0 Å². The fraction of sp³-hybridized carbons (Fsp3) is 0.259. The monoisotopic (exact) mass is 533 g/mol. The summed E-state index contributed by atoms with van der Waals surface area (Å²) in [4.78, 5) is 30.0. The molecule has 0 spiro atoms. The number of ether oxygens (including phenoxy) is 1. The molecule has 0 aliphatic carbocycles. The molecular weight excluding hydrogens is 506 g/mol. The van der Waals surface area contributed by atoms with Gasteiger partial charge in [0.2, 0.25) is 5.91 Å². The maximum atomic E-state index is 13.7. The molecule has 2 aromatic heterocycles. The van der Waals surface area contributed by atoms with E-state index >= 15 is 0 Å². The number of aromatic nitrogens is 3. The van der Waals surface area contributed by atoms with Gasteiger partial charge < -0.3 is 15.4 Å². The molecule has 5 rings (SSSR count). The van der Waals surface area contributed by atoms with Gasteiger partial charge in [-0.25, -0.2) is 18.1 Å². The lowest BCUT2D eigenvalue weighted by atomic mass is 10.0. The standard InChI is InChI=1S/C27H27N5O5S/c1-16-25-23(27(34)29-20-6-4-5-19(13-20)28-17(2)33)14-24(18-7-9-22(37-3)10-8-18)30-26(25)32(31-16)21-11-12-38(35,36)15-21/h4-10,13-14,21H,11-12,15H2,1-3H3,(H,28,33)(H,29,34).